The Morgan fingerprint density at radius 2 is 1.67 bits per heavy atom. The number of rotatable bonds is 5. The molecule has 0 aromatic carbocycles. The lowest BCUT2D eigenvalue weighted by atomic mass is 9.81. The van der Waals surface area contributed by atoms with Gasteiger partial charge in [0.25, 0.3) is 0 Å². The van der Waals surface area contributed by atoms with Crippen LogP contribution in [0.4, 0.5) is 0 Å². The van der Waals surface area contributed by atoms with Crippen molar-refractivity contribution in [1.29, 1.82) is 0 Å². The first-order chi connectivity index (χ1) is 8.79. The van der Waals surface area contributed by atoms with Gasteiger partial charge in [-0.3, -0.25) is 4.90 Å². The Labute approximate surface area is 112 Å². The summed E-state index contributed by atoms with van der Waals surface area (Å²) in [4.78, 5) is 14.3. The van der Waals surface area contributed by atoms with Crippen molar-refractivity contribution in [3.63, 3.8) is 0 Å². The van der Waals surface area contributed by atoms with Gasteiger partial charge < -0.3 is 4.79 Å². The SMILES string of the molecule is CCN(CC1(C=O)CCCCCC1)C1CCCC1. The van der Waals surface area contributed by atoms with E-state index in [0.29, 0.717) is 0 Å². The minimum atomic E-state index is -0.0187. The maximum absolute atomic E-state index is 11.7. The minimum absolute atomic E-state index is 0.0187. The van der Waals surface area contributed by atoms with E-state index in [9.17, 15) is 4.79 Å². The molecule has 0 atom stereocenters. The molecule has 0 spiro atoms. The van der Waals surface area contributed by atoms with Crippen LogP contribution in [0.5, 0.6) is 0 Å². The Morgan fingerprint density at radius 1 is 1.06 bits per heavy atom. The lowest BCUT2D eigenvalue weighted by molar-refractivity contribution is -0.118. The summed E-state index contributed by atoms with van der Waals surface area (Å²) in [6.07, 6.45) is 14.2. The van der Waals surface area contributed by atoms with Crippen LogP contribution in [0.1, 0.15) is 71.1 Å². The van der Waals surface area contributed by atoms with Crippen molar-refractivity contribution in [2.45, 2.75) is 77.2 Å². The van der Waals surface area contributed by atoms with Gasteiger partial charge in [-0.25, -0.2) is 0 Å². The Kier molecular flexibility index (Phi) is 5.23. The van der Waals surface area contributed by atoms with Gasteiger partial charge in [0.2, 0.25) is 0 Å². The standard InChI is InChI=1S/C16H29NO/c1-2-17(15-9-5-6-10-15)13-16(14-18)11-7-3-4-8-12-16/h14-15H,2-13H2,1H3. The predicted octanol–water partition coefficient (Wildman–Crippen LogP) is 3.79. The van der Waals surface area contributed by atoms with Crippen LogP contribution in [0.25, 0.3) is 0 Å². The van der Waals surface area contributed by atoms with Crippen LogP contribution in [0, 0.1) is 5.41 Å². The molecule has 2 fully saturated rings. The second-order valence-electron chi connectivity index (χ2n) is 6.40. The number of aldehydes is 1. The van der Waals surface area contributed by atoms with Gasteiger partial charge in [0.1, 0.15) is 6.29 Å². The molecule has 2 aliphatic carbocycles. The van der Waals surface area contributed by atoms with E-state index in [2.05, 4.69) is 11.8 Å². The molecule has 0 aromatic rings. The summed E-state index contributed by atoms with van der Waals surface area (Å²) in [5.74, 6) is 0. The zero-order valence-electron chi connectivity index (χ0n) is 12.0. The fourth-order valence-corrected chi connectivity index (χ4v) is 3.92. The van der Waals surface area contributed by atoms with Gasteiger partial charge in [-0.05, 0) is 32.2 Å². The first-order valence-corrected chi connectivity index (χ1v) is 8.00. The molecule has 0 unspecified atom stereocenters. The summed E-state index contributed by atoms with van der Waals surface area (Å²) in [5, 5.41) is 0. The molecular weight excluding hydrogens is 222 g/mol. The molecule has 0 N–H and O–H groups in total. The van der Waals surface area contributed by atoms with Crippen molar-refractivity contribution >= 4 is 6.29 Å². The Bertz CT molecular complexity index is 250. The summed E-state index contributed by atoms with van der Waals surface area (Å²) >= 11 is 0. The number of hydrogen-bond acceptors (Lipinski definition) is 2. The van der Waals surface area contributed by atoms with E-state index in [1.807, 2.05) is 0 Å². The summed E-state index contributed by atoms with van der Waals surface area (Å²) < 4.78 is 0. The van der Waals surface area contributed by atoms with Crippen molar-refractivity contribution in [2.75, 3.05) is 13.1 Å². The highest BCUT2D eigenvalue weighted by Gasteiger charge is 2.34. The van der Waals surface area contributed by atoms with E-state index < -0.39 is 0 Å². The highest BCUT2D eigenvalue weighted by atomic mass is 16.1. The smallest absolute Gasteiger partial charge is 0.127 e. The molecule has 2 heteroatoms. The molecule has 0 amide bonds. The fourth-order valence-electron chi connectivity index (χ4n) is 3.92. The molecule has 0 aliphatic heterocycles. The van der Waals surface area contributed by atoms with Gasteiger partial charge in [-0.15, -0.1) is 0 Å². The van der Waals surface area contributed by atoms with Crippen molar-refractivity contribution in [1.82, 2.24) is 4.90 Å². The third-order valence-corrected chi connectivity index (χ3v) is 5.11. The topological polar surface area (TPSA) is 20.3 Å². The average Bonchev–Trinajstić information content (AvgIpc) is 2.83. The largest absolute Gasteiger partial charge is 0.303 e. The molecule has 2 aliphatic rings. The van der Waals surface area contributed by atoms with E-state index in [4.69, 9.17) is 0 Å². The Balaban J connectivity index is 1.99. The van der Waals surface area contributed by atoms with Crippen LogP contribution in [0.2, 0.25) is 0 Å². The summed E-state index contributed by atoms with van der Waals surface area (Å²) in [6, 6.07) is 0.759. The third kappa shape index (κ3) is 3.34. The van der Waals surface area contributed by atoms with Gasteiger partial charge in [0, 0.05) is 18.0 Å². The lowest BCUT2D eigenvalue weighted by Crippen LogP contribution is -2.43. The zero-order chi connectivity index (χ0) is 12.8. The van der Waals surface area contributed by atoms with Gasteiger partial charge in [-0.2, -0.15) is 0 Å². The molecule has 2 rings (SSSR count). The number of carbonyl (C=O) groups excluding carboxylic acids is 1. The quantitative estimate of drug-likeness (QED) is 0.547. The van der Waals surface area contributed by atoms with Gasteiger partial charge in [0.05, 0.1) is 0 Å². The van der Waals surface area contributed by atoms with Crippen LogP contribution in [0.3, 0.4) is 0 Å². The Morgan fingerprint density at radius 3 is 2.17 bits per heavy atom. The average molecular weight is 251 g/mol. The second kappa shape index (κ2) is 6.70. The summed E-state index contributed by atoms with van der Waals surface area (Å²) in [6.45, 7) is 4.39. The molecule has 2 nitrogen and oxygen atoms in total. The van der Waals surface area contributed by atoms with Crippen molar-refractivity contribution in [3.05, 3.63) is 0 Å². The van der Waals surface area contributed by atoms with Crippen LogP contribution in [-0.2, 0) is 4.79 Å². The molecule has 0 radical (unpaired) electrons. The summed E-state index contributed by atoms with van der Waals surface area (Å²) in [5.41, 5.74) is -0.0187. The van der Waals surface area contributed by atoms with Crippen molar-refractivity contribution < 1.29 is 4.79 Å². The van der Waals surface area contributed by atoms with Crippen LogP contribution in [-0.4, -0.2) is 30.3 Å². The van der Waals surface area contributed by atoms with Gasteiger partial charge in [-0.1, -0.05) is 45.4 Å². The van der Waals surface area contributed by atoms with Crippen LogP contribution in [0.15, 0.2) is 0 Å². The number of nitrogens with zero attached hydrogens (tertiary/aromatic N) is 1. The maximum atomic E-state index is 11.7. The van der Waals surface area contributed by atoms with Gasteiger partial charge >= 0.3 is 0 Å². The molecule has 2 saturated carbocycles. The monoisotopic (exact) mass is 251 g/mol. The van der Waals surface area contributed by atoms with E-state index in [1.54, 1.807) is 0 Å². The molecule has 18 heavy (non-hydrogen) atoms. The van der Waals surface area contributed by atoms with E-state index in [-0.39, 0.29) is 5.41 Å². The molecule has 0 heterocycles. The van der Waals surface area contributed by atoms with Crippen molar-refractivity contribution in [3.8, 4) is 0 Å². The summed E-state index contributed by atoms with van der Waals surface area (Å²) in [7, 11) is 0. The molecule has 0 saturated heterocycles. The zero-order valence-corrected chi connectivity index (χ0v) is 12.0. The highest BCUT2D eigenvalue weighted by Crippen LogP contribution is 2.36. The van der Waals surface area contributed by atoms with E-state index in [0.717, 1.165) is 32.0 Å². The normalized spacial score (nSPS) is 25.2. The molecule has 104 valence electrons. The first kappa shape index (κ1) is 14.0. The third-order valence-electron chi connectivity index (χ3n) is 5.11. The fraction of sp³-hybridized carbons (Fsp3) is 0.938. The first-order valence-electron chi connectivity index (χ1n) is 8.00. The predicted molar refractivity (Wildman–Crippen MR) is 75.7 cm³/mol. The highest BCUT2D eigenvalue weighted by molar-refractivity contribution is 5.59. The van der Waals surface area contributed by atoms with E-state index >= 15 is 0 Å². The van der Waals surface area contributed by atoms with Crippen LogP contribution >= 0.6 is 0 Å². The Hall–Kier alpha value is -0.370. The number of hydrogen-bond donors (Lipinski definition) is 0. The lowest BCUT2D eigenvalue weighted by Gasteiger charge is -2.36. The van der Waals surface area contributed by atoms with Crippen molar-refractivity contribution in [2.24, 2.45) is 5.41 Å². The van der Waals surface area contributed by atoms with Crippen LogP contribution < -0.4 is 0 Å². The molecule has 0 bridgehead atoms. The second-order valence-corrected chi connectivity index (χ2v) is 6.40. The van der Waals surface area contributed by atoms with Gasteiger partial charge in [0.15, 0.2) is 0 Å². The molecular formula is C16H29NO. The minimum Gasteiger partial charge on any atom is -0.303 e. The maximum Gasteiger partial charge on any atom is 0.127 e. The van der Waals surface area contributed by atoms with E-state index in [1.165, 1.54) is 57.7 Å². The molecule has 0 aromatic heterocycles. The number of carbonyl (C=O) groups is 1.